The van der Waals surface area contributed by atoms with E-state index in [1.165, 1.54) is 0 Å². The number of alkyl halides is 2. The van der Waals surface area contributed by atoms with Crippen LogP contribution in [0.3, 0.4) is 0 Å². The van der Waals surface area contributed by atoms with E-state index < -0.39 is 5.92 Å². The molecular weight excluding hydrogens is 246 g/mol. The van der Waals surface area contributed by atoms with Crippen LogP contribution in [-0.4, -0.2) is 37.6 Å². The Morgan fingerprint density at radius 3 is 2.26 bits per heavy atom. The van der Waals surface area contributed by atoms with E-state index in [2.05, 4.69) is 19.2 Å². The molecule has 1 saturated heterocycles. The van der Waals surface area contributed by atoms with Crippen LogP contribution in [0.15, 0.2) is 24.3 Å². The van der Waals surface area contributed by atoms with Crippen LogP contribution in [0.1, 0.15) is 30.9 Å². The van der Waals surface area contributed by atoms with Gasteiger partial charge < -0.3 is 5.32 Å². The third-order valence-corrected chi connectivity index (χ3v) is 3.63. The summed E-state index contributed by atoms with van der Waals surface area (Å²) in [5.41, 5.74) is 1.22. The van der Waals surface area contributed by atoms with E-state index in [9.17, 15) is 8.78 Å². The Labute approximate surface area is 113 Å². The Balaban J connectivity index is 2.05. The average molecular weight is 268 g/mol. The summed E-state index contributed by atoms with van der Waals surface area (Å²) in [6.07, 6.45) is 0. The topological polar surface area (TPSA) is 15.3 Å². The van der Waals surface area contributed by atoms with Gasteiger partial charge in [-0.2, -0.15) is 8.78 Å². The molecule has 1 heterocycles. The third-order valence-electron chi connectivity index (χ3n) is 3.63. The SMILES string of the molecule is CC(C)c1ccc(C(F)(F)CN2CCNCC2)cc1. The molecule has 2 rings (SSSR count). The molecule has 0 saturated carbocycles. The Kier molecular flexibility index (Phi) is 4.53. The smallest absolute Gasteiger partial charge is 0.285 e. The molecule has 19 heavy (non-hydrogen) atoms. The Hall–Kier alpha value is -1.00. The first kappa shape index (κ1) is 14.4. The zero-order valence-electron chi connectivity index (χ0n) is 11.6. The van der Waals surface area contributed by atoms with Crippen molar-refractivity contribution in [2.75, 3.05) is 32.7 Å². The number of halogens is 2. The van der Waals surface area contributed by atoms with Gasteiger partial charge in [0.15, 0.2) is 0 Å². The van der Waals surface area contributed by atoms with Gasteiger partial charge in [-0.25, -0.2) is 0 Å². The number of piperazine rings is 1. The third kappa shape index (κ3) is 3.74. The van der Waals surface area contributed by atoms with E-state index >= 15 is 0 Å². The Morgan fingerprint density at radius 1 is 1.16 bits per heavy atom. The first-order chi connectivity index (χ1) is 8.99. The molecule has 0 aromatic heterocycles. The van der Waals surface area contributed by atoms with Gasteiger partial charge in [-0.3, -0.25) is 4.90 Å². The average Bonchev–Trinajstić information content (AvgIpc) is 2.39. The second-order valence-corrected chi connectivity index (χ2v) is 5.51. The second kappa shape index (κ2) is 5.97. The van der Waals surface area contributed by atoms with Crippen molar-refractivity contribution in [2.45, 2.75) is 25.7 Å². The highest BCUT2D eigenvalue weighted by atomic mass is 19.3. The van der Waals surface area contributed by atoms with Gasteiger partial charge in [-0.1, -0.05) is 38.1 Å². The van der Waals surface area contributed by atoms with Crippen molar-refractivity contribution >= 4 is 0 Å². The summed E-state index contributed by atoms with van der Waals surface area (Å²) >= 11 is 0. The van der Waals surface area contributed by atoms with E-state index in [0.29, 0.717) is 19.0 Å². The zero-order valence-corrected chi connectivity index (χ0v) is 11.6. The van der Waals surface area contributed by atoms with Crippen LogP contribution in [0.25, 0.3) is 0 Å². The van der Waals surface area contributed by atoms with Crippen molar-refractivity contribution in [3.8, 4) is 0 Å². The van der Waals surface area contributed by atoms with Crippen molar-refractivity contribution in [3.05, 3.63) is 35.4 Å². The number of nitrogens with zero attached hydrogens (tertiary/aromatic N) is 1. The molecule has 0 spiro atoms. The largest absolute Gasteiger partial charge is 0.314 e. The van der Waals surface area contributed by atoms with Crippen molar-refractivity contribution in [2.24, 2.45) is 0 Å². The predicted octanol–water partition coefficient (Wildman–Crippen LogP) is 2.81. The van der Waals surface area contributed by atoms with Crippen molar-refractivity contribution in [3.63, 3.8) is 0 Å². The maximum absolute atomic E-state index is 14.2. The fraction of sp³-hybridized carbons (Fsp3) is 0.600. The summed E-state index contributed by atoms with van der Waals surface area (Å²) in [6, 6.07) is 6.76. The summed E-state index contributed by atoms with van der Waals surface area (Å²) in [4.78, 5) is 1.83. The monoisotopic (exact) mass is 268 g/mol. The van der Waals surface area contributed by atoms with Gasteiger partial charge in [-0.05, 0) is 11.5 Å². The molecule has 106 valence electrons. The van der Waals surface area contributed by atoms with Gasteiger partial charge in [0.05, 0.1) is 6.54 Å². The van der Waals surface area contributed by atoms with Gasteiger partial charge in [0.1, 0.15) is 0 Å². The lowest BCUT2D eigenvalue weighted by Crippen LogP contribution is -2.47. The predicted molar refractivity (Wildman–Crippen MR) is 73.7 cm³/mol. The van der Waals surface area contributed by atoms with Crippen molar-refractivity contribution in [1.82, 2.24) is 10.2 Å². The molecule has 0 unspecified atom stereocenters. The quantitative estimate of drug-likeness (QED) is 0.903. The molecule has 0 atom stereocenters. The normalized spacial score (nSPS) is 17.9. The van der Waals surface area contributed by atoms with Gasteiger partial charge >= 0.3 is 0 Å². The summed E-state index contributed by atoms with van der Waals surface area (Å²) in [6.45, 7) is 6.92. The maximum Gasteiger partial charge on any atom is 0.285 e. The van der Waals surface area contributed by atoms with Gasteiger partial charge in [0.2, 0.25) is 0 Å². The Bertz CT molecular complexity index is 395. The minimum absolute atomic E-state index is 0.121. The summed E-state index contributed by atoms with van der Waals surface area (Å²) < 4.78 is 28.4. The van der Waals surface area contributed by atoms with Gasteiger partial charge in [0.25, 0.3) is 5.92 Å². The van der Waals surface area contributed by atoms with Crippen LogP contribution < -0.4 is 5.32 Å². The van der Waals surface area contributed by atoms with Crippen LogP contribution in [-0.2, 0) is 5.92 Å². The molecule has 0 bridgehead atoms. The molecule has 0 amide bonds. The highest BCUT2D eigenvalue weighted by Gasteiger charge is 2.34. The number of benzene rings is 1. The molecule has 1 aliphatic heterocycles. The van der Waals surface area contributed by atoms with Crippen molar-refractivity contribution < 1.29 is 8.78 Å². The van der Waals surface area contributed by atoms with E-state index in [0.717, 1.165) is 18.7 Å². The minimum atomic E-state index is -2.77. The highest BCUT2D eigenvalue weighted by Crippen LogP contribution is 2.30. The molecule has 2 nitrogen and oxygen atoms in total. The first-order valence-corrected chi connectivity index (χ1v) is 6.90. The molecule has 1 fully saturated rings. The molecular formula is C15H22F2N2. The second-order valence-electron chi connectivity index (χ2n) is 5.51. The fourth-order valence-electron chi connectivity index (χ4n) is 2.35. The molecule has 1 aromatic carbocycles. The standard InChI is InChI=1S/C15H22F2N2/c1-12(2)13-3-5-14(6-4-13)15(16,17)11-19-9-7-18-8-10-19/h3-6,12,18H,7-11H2,1-2H3. The fourth-order valence-corrected chi connectivity index (χ4v) is 2.35. The number of hydrogen-bond acceptors (Lipinski definition) is 2. The molecule has 1 aliphatic rings. The lowest BCUT2D eigenvalue weighted by Gasteiger charge is -2.30. The summed E-state index contributed by atoms with van der Waals surface area (Å²) in [5.74, 6) is -2.40. The van der Waals surface area contributed by atoms with Gasteiger partial charge in [-0.15, -0.1) is 0 Å². The van der Waals surface area contributed by atoms with E-state index in [1.807, 2.05) is 17.0 Å². The van der Waals surface area contributed by atoms with Crippen LogP contribution >= 0.6 is 0 Å². The van der Waals surface area contributed by atoms with E-state index in [1.54, 1.807) is 12.1 Å². The van der Waals surface area contributed by atoms with E-state index in [4.69, 9.17) is 0 Å². The molecule has 4 heteroatoms. The summed E-state index contributed by atoms with van der Waals surface area (Å²) in [5, 5.41) is 3.17. The minimum Gasteiger partial charge on any atom is -0.314 e. The lowest BCUT2D eigenvalue weighted by atomic mass is 9.99. The van der Waals surface area contributed by atoms with Crippen molar-refractivity contribution in [1.29, 1.82) is 0 Å². The van der Waals surface area contributed by atoms with Crippen LogP contribution in [0, 0.1) is 0 Å². The number of hydrogen-bond donors (Lipinski definition) is 1. The molecule has 1 N–H and O–H groups in total. The molecule has 0 aliphatic carbocycles. The summed E-state index contributed by atoms with van der Waals surface area (Å²) in [7, 11) is 0. The maximum atomic E-state index is 14.2. The zero-order chi connectivity index (χ0) is 13.9. The number of nitrogens with one attached hydrogen (secondary N) is 1. The first-order valence-electron chi connectivity index (χ1n) is 6.90. The lowest BCUT2D eigenvalue weighted by molar-refractivity contribution is -0.0400. The van der Waals surface area contributed by atoms with Crippen LogP contribution in [0.5, 0.6) is 0 Å². The Morgan fingerprint density at radius 2 is 1.74 bits per heavy atom. The van der Waals surface area contributed by atoms with E-state index in [-0.39, 0.29) is 12.1 Å². The van der Waals surface area contributed by atoms with Crippen LogP contribution in [0.2, 0.25) is 0 Å². The number of rotatable bonds is 4. The van der Waals surface area contributed by atoms with Gasteiger partial charge in [0, 0.05) is 31.7 Å². The molecule has 0 radical (unpaired) electrons. The van der Waals surface area contributed by atoms with Crippen LogP contribution in [0.4, 0.5) is 8.78 Å². The molecule has 1 aromatic rings. The highest BCUT2D eigenvalue weighted by molar-refractivity contribution is 5.27.